The average molecular weight is 446 g/mol. The summed E-state index contributed by atoms with van der Waals surface area (Å²) in [5, 5.41) is 2.90. The molecule has 0 unspecified atom stereocenters. The molecule has 1 aliphatic rings. The highest BCUT2D eigenvalue weighted by Crippen LogP contribution is 2.32. The van der Waals surface area contributed by atoms with Gasteiger partial charge in [-0.25, -0.2) is 0 Å². The molecule has 5 nitrogen and oxygen atoms in total. The number of amides is 2. The molecule has 0 saturated carbocycles. The molecule has 0 atom stereocenters. The van der Waals surface area contributed by atoms with Crippen molar-refractivity contribution in [3.8, 4) is 0 Å². The summed E-state index contributed by atoms with van der Waals surface area (Å²) in [6.45, 7) is 2.11. The lowest BCUT2D eigenvalue weighted by Crippen LogP contribution is -2.33. The Morgan fingerprint density at radius 3 is 2.48 bits per heavy atom. The zero-order valence-corrected chi connectivity index (χ0v) is 17.7. The summed E-state index contributed by atoms with van der Waals surface area (Å²) in [5.41, 5.74) is 3.89. The molecule has 0 radical (unpaired) electrons. The van der Waals surface area contributed by atoms with Gasteiger partial charge < -0.3 is 10.2 Å². The van der Waals surface area contributed by atoms with Gasteiger partial charge in [-0.2, -0.15) is 0 Å². The second-order valence-electron chi connectivity index (χ2n) is 6.39. The van der Waals surface area contributed by atoms with Crippen molar-refractivity contribution in [2.75, 3.05) is 31.0 Å². The molecule has 1 N–H and O–H groups in total. The quantitative estimate of drug-likeness (QED) is 0.661. The van der Waals surface area contributed by atoms with Crippen LogP contribution in [0.5, 0.6) is 0 Å². The Kier molecular flexibility index (Phi) is 5.92. The van der Waals surface area contributed by atoms with Gasteiger partial charge in [0.1, 0.15) is 0 Å². The summed E-state index contributed by atoms with van der Waals surface area (Å²) in [7, 11) is 3.95. The molecule has 0 aliphatic carbocycles. The highest BCUT2D eigenvalue weighted by molar-refractivity contribution is 9.10. The zero-order chi connectivity index (χ0) is 19.6. The first-order valence-corrected chi connectivity index (χ1v) is 9.99. The summed E-state index contributed by atoms with van der Waals surface area (Å²) in [5.74, 6) is -0.274. The molecule has 2 aromatic rings. The Balaban J connectivity index is 1.70. The third-order valence-electron chi connectivity index (χ3n) is 4.20. The Hall–Kier alpha value is -2.25. The van der Waals surface area contributed by atoms with Crippen molar-refractivity contribution in [1.82, 2.24) is 4.90 Å². The van der Waals surface area contributed by atoms with Crippen molar-refractivity contribution in [2.24, 2.45) is 0 Å². The van der Waals surface area contributed by atoms with E-state index in [9.17, 15) is 9.59 Å². The number of imide groups is 1. The predicted octanol–water partition coefficient (Wildman–Crippen LogP) is 4.93. The van der Waals surface area contributed by atoms with E-state index in [1.807, 2.05) is 68.4 Å². The molecule has 7 heteroatoms. The summed E-state index contributed by atoms with van der Waals surface area (Å²) < 4.78 is 0.986. The molecule has 0 aromatic heterocycles. The van der Waals surface area contributed by atoms with Crippen LogP contribution >= 0.6 is 27.7 Å². The maximum atomic E-state index is 12.6. The van der Waals surface area contributed by atoms with E-state index in [2.05, 4.69) is 21.2 Å². The third-order valence-corrected chi connectivity index (χ3v) is 5.60. The number of carbonyl (C=O) groups is 2. The second kappa shape index (κ2) is 8.19. The molecular formula is C20H20BrN3O2S. The van der Waals surface area contributed by atoms with E-state index in [1.165, 1.54) is 4.90 Å². The normalized spacial score (nSPS) is 15.6. The van der Waals surface area contributed by atoms with Gasteiger partial charge in [0, 0.05) is 29.9 Å². The molecule has 1 saturated heterocycles. The van der Waals surface area contributed by atoms with Crippen molar-refractivity contribution in [2.45, 2.75) is 6.92 Å². The standard InChI is InChI=1S/C20H20BrN3O2S/c1-13-10-15(21)6-9-17(13)22-12-24-19(25)18(27-20(24)26)11-14-4-7-16(8-5-14)23(2)3/h4-11,22H,12H2,1-3H3/b18-11+. The number of hydrogen-bond donors (Lipinski definition) is 1. The number of nitrogens with one attached hydrogen (secondary N) is 1. The summed E-state index contributed by atoms with van der Waals surface area (Å²) in [4.78, 5) is 28.6. The molecule has 27 heavy (non-hydrogen) atoms. The van der Waals surface area contributed by atoms with E-state index in [1.54, 1.807) is 6.08 Å². The first-order chi connectivity index (χ1) is 12.8. The first-order valence-electron chi connectivity index (χ1n) is 8.38. The summed E-state index contributed by atoms with van der Waals surface area (Å²) in [6.07, 6.45) is 1.76. The van der Waals surface area contributed by atoms with Crippen molar-refractivity contribution in [3.63, 3.8) is 0 Å². The van der Waals surface area contributed by atoms with E-state index in [4.69, 9.17) is 0 Å². The molecule has 1 aliphatic heterocycles. The van der Waals surface area contributed by atoms with Crippen LogP contribution in [0.15, 0.2) is 51.8 Å². The maximum Gasteiger partial charge on any atom is 0.295 e. The van der Waals surface area contributed by atoms with Crippen LogP contribution in [0.4, 0.5) is 16.2 Å². The van der Waals surface area contributed by atoms with E-state index < -0.39 is 0 Å². The van der Waals surface area contributed by atoms with Crippen molar-refractivity contribution in [3.05, 3.63) is 63.0 Å². The van der Waals surface area contributed by atoms with Crippen molar-refractivity contribution in [1.29, 1.82) is 0 Å². The number of aryl methyl sites for hydroxylation is 1. The van der Waals surface area contributed by atoms with E-state index in [-0.39, 0.29) is 17.8 Å². The zero-order valence-electron chi connectivity index (χ0n) is 15.3. The van der Waals surface area contributed by atoms with Crippen LogP contribution in [0.2, 0.25) is 0 Å². The smallest absolute Gasteiger partial charge is 0.295 e. The molecule has 0 bridgehead atoms. The van der Waals surface area contributed by atoms with Gasteiger partial charge in [-0.15, -0.1) is 0 Å². The van der Waals surface area contributed by atoms with Crippen LogP contribution in [0.3, 0.4) is 0 Å². The topological polar surface area (TPSA) is 52.7 Å². The van der Waals surface area contributed by atoms with E-state index in [0.717, 1.165) is 38.7 Å². The number of rotatable bonds is 5. The number of benzene rings is 2. The van der Waals surface area contributed by atoms with Gasteiger partial charge in [-0.3, -0.25) is 14.5 Å². The third kappa shape index (κ3) is 4.54. The monoisotopic (exact) mass is 445 g/mol. The minimum absolute atomic E-state index is 0.143. The van der Waals surface area contributed by atoms with Gasteiger partial charge in [-0.1, -0.05) is 28.1 Å². The van der Waals surface area contributed by atoms with Crippen molar-refractivity contribution < 1.29 is 9.59 Å². The molecule has 0 spiro atoms. The maximum absolute atomic E-state index is 12.6. The lowest BCUT2D eigenvalue weighted by molar-refractivity contribution is -0.122. The minimum atomic E-state index is -0.274. The van der Waals surface area contributed by atoms with Crippen LogP contribution < -0.4 is 10.2 Å². The first kappa shape index (κ1) is 19.5. The molecule has 2 amide bonds. The van der Waals surface area contributed by atoms with Gasteiger partial charge >= 0.3 is 0 Å². The van der Waals surface area contributed by atoms with E-state index in [0.29, 0.717) is 4.91 Å². The molecule has 3 rings (SSSR count). The van der Waals surface area contributed by atoms with Crippen LogP contribution in [0, 0.1) is 6.92 Å². The number of thioether (sulfide) groups is 1. The number of carbonyl (C=O) groups excluding carboxylic acids is 2. The number of anilines is 2. The fourth-order valence-electron chi connectivity index (χ4n) is 2.65. The minimum Gasteiger partial charge on any atom is -0.378 e. The van der Waals surface area contributed by atoms with Gasteiger partial charge in [0.2, 0.25) is 0 Å². The molecule has 1 fully saturated rings. The Morgan fingerprint density at radius 1 is 1.15 bits per heavy atom. The van der Waals surface area contributed by atoms with Crippen LogP contribution in [0.25, 0.3) is 6.08 Å². The highest BCUT2D eigenvalue weighted by Gasteiger charge is 2.34. The number of hydrogen-bond acceptors (Lipinski definition) is 5. The number of halogens is 1. The van der Waals surface area contributed by atoms with Gasteiger partial charge in [0.15, 0.2) is 0 Å². The van der Waals surface area contributed by atoms with Crippen molar-refractivity contribution >= 4 is 56.3 Å². The largest absolute Gasteiger partial charge is 0.378 e. The summed E-state index contributed by atoms with van der Waals surface area (Å²) >= 11 is 4.39. The summed E-state index contributed by atoms with van der Waals surface area (Å²) in [6, 6.07) is 13.6. The molecular weight excluding hydrogens is 426 g/mol. The van der Waals surface area contributed by atoms with E-state index >= 15 is 0 Å². The van der Waals surface area contributed by atoms with Gasteiger partial charge in [0.05, 0.1) is 11.6 Å². The van der Waals surface area contributed by atoms with Gasteiger partial charge in [-0.05, 0) is 66.2 Å². The van der Waals surface area contributed by atoms with Crippen LogP contribution in [-0.2, 0) is 4.79 Å². The Bertz CT molecular complexity index is 910. The van der Waals surface area contributed by atoms with Gasteiger partial charge in [0.25, 0.3) is 11.1 Å². The Morgan fingerprint density at radius 2 is 1.85 bits per heavy atom. The number of nitrogens with zero attached hydrogens (tertiary/aromatic N) is 2. The SMILES string of the molecule is Cc1cc(Br)ccc1NCN1C(=O)S/C(=C/c2ccc(N(C)C)cc2)C1=O. The highest BCUT2D eigenvalue weighted by atomic mass is 79.9. The molecule has 140 valence electrons. The lowest BCUT2D eigenvalue weighted by atomic mass is 10.2. The van der Waals surface area contributed by atoms with Crippen LogP contribution in [-0.4, -0.2) is 36.8 Å². The fraction of sp³-hybridized carbons (Fsp3) is 0.200. The second-order valence-corrected chi connectivity index (χ2v) is 8.30. The van der Waals surface area contributed by atoms with Crippen LogP contribution in [0.1, 0.15) is 11.1 Å². The predicted molar refractivity (Wildman–Crippen MR) is 116 cm³/mol. The Labute approximate surface area is 171 Å². The average Bonchev–Trinajstić information content (AvgIpc) is 2.88. The fourth-order valence-corrected chi connectivity index (χ4v) is 3.96. The molecule has 1 heterocycles. The lowest BCUT2D eigenvalue weighted by Gasteiger charge is -2.16. The molecule has 2 aromatic carbocycles.